The predicted molar refractivity (Wildman–Crippen MR) is 100 cm³/mol. The number of carbonyl (C=O) groups excluding carboxylic acids is 2. The summed E-state index contributed by atoms with van der Waals surface area (Å²) in [5.74, 6) is -0.608. The number of carbonyl (C=O) groups is 2. The van der Waals surface area contributed by atoms with Crippen LogP contribution in [0.4, 0.5) is 0 Å². The number of ketones is 1. The average molecular weight is 350 g/mol. The molecule has 5 nitrogen and oxygen atoms in total. The van der Waals surface area contributed by atoms with Crippen molar-refractivity contribution in [2.75, 3.05) is 6.61 Å². The Morgan fingerprint density at radius 3 is 2.65 bits per heavy atom. The zero-order valence-electron chi connectivity index (χ0n) is 15.3. The number of ether oxygens (including phenoxy) is 1. The number of nitrogens with zero attached hydrogens (tertiary/aromatic N) is 2. The smallest absolute Gasteiger partial charge is 0.310 e. The zero-order valence-corrected chi connectivity index (χ0v) is 15.3. The first-order valence-electron chi connectivity index (χ1n) is 8.69. The molecule has 0 amide bonds. The van der Waals surface area contributed by atoms with Crippen molar-refractivity contribution < 1.29 is 14.3 Å². The zero-order chi connectivity index (χ0) is 18.7. The number of para-hydroxylation sites is 1. The average Bonchev–Trinajstić information content (AvgIpc) is 2.93. The van der Waals surface area contributed by atoms with E-state index in [4.69, 9.17) is 4.74 Å². The number of pyridine rings is 1. The van der Waals surface area contributed by atoms with E-state index in [0.717, 1.165) is 34.4 Å². The van der Waals surface area contributed by atoms with Gasteiger partial charge in [0.2, 0.25) is 5.78 Å². The summed E-state index contributed by atoms with van der Waals surface area (Å²) in [5.41, 5.74) is 4.13. The second-order valence-electron chi connectivity index (χ2n) is 6.28. The minimum Gasteiger partial charge on any atom is -0.457 e. The van der Waals surface area contributed by atoms with Gasteiger partial charge in [0.25, 0.3) is 0 Å². The number of hydrogen-bond acceptors (Lipinski definition) is 4. The van der Waals surface area contributed by atoms with Crippen molar-refractivity contribution in [1.29, 1.82) is 0 Å². The molecule has 1 aromatic carbocycles. The number of Topliss-reactive ketones (excluding diaryl/α,β-unsaturated/α-hetero) is 1. The van der Waals surface area contributed by atoms with Crippen molar-refractivity contribution >= 4 is 22.7 Å². The summed E-state index contributed by atoms with van der Waals surface area (Å²) >= 11 is 0. The summed E-state index contributed by atoms with van der Waals surface area (Å²) in [5, 5.41) is 0.973. The number of hydrogen-bond donors (Lipinski definition) is 0. The molecule has 0 fully saturated rings. The van der Waals surface area contributed by atoms with Gasteiger partial charge in [0.1, 0.15) is 0 Å². The van der Waals surface area contributed by atoms with Crippen LogP contribution in [0.3, 0.4) is 0 Å². The highest BCUT2D eigenvalue weighted by Crippen LogP contribution is 2.18. The molecule has 3 rings (SSSR count). The summed E-state index contributed by atoms with van der Waals surface area (Å²) in [6.07, 6.45) is 1.79. The molecular formula is C21H22N2O3. The lowest BCUT2D eigenvalue weighted by molar-refractivity contribution is -0.141. The highest BCUT2D eigenvalue weighted by atomic mass is 16.5. The summed E-state index contributed by atoms with van der Waals surface area (Å²) in [7, 11) is 0. The van der Waals surface area contributed by atoms with Crippen molar-refractivity contribution in [2.45, 2.75) is 33.7 Å². The van der Waals surface area contributed by atoms with Crippen LogP contribution in [0, 0.1) is 13.8 Å². The molecule has 0 saturated carbocycles. The van der Waals surface area contributed by atoms with Gasteiger partial charge in [-0.1, -0.05) is 24.3 Å². The van der Waals surface area contributed by atoms with Crippen molar-refractivity contribution in [3.05, 3.63) is 65.1 Å². The lowest BCUT2D eigenvalue weighted by Crippen LogP contribution is -2.16. The van der Waals surface area contributed by atoms with E-state index >= 15 is 0 Å². The van der Waals surface area contributed by atoms with Crippen LogP contribution in [0.2, 0.25) is 0 Å². The first kappa shape index (κ1) is 17.9. The Bertz CT molecular complexity index is 967. The maximum Gasteiger partial charge on any atom is 0.310 e. The van der Waals surface area contributed by atoms with Gasteiger partial charge in [0, 0.05) is 35.1 Å². The van der Waals surface area contributed by atoms with Gasteiger partial charge in [-0.2, -0.15) is 0 Å². The van der Waals surface area contributed by atoms with Crippen LogP contribution in [0.25, 0.3) is 10.9 Å². The molecule has 5 heteroatoms. The number of esters is 1. The van der Waals surface area contributed by atoms with Crippen LogP contribution < -0.4 is 0 Å². The van der Waals surface area contributed by atoms with Gasteiger partial charge in [-0.05, 0) is 38.5 Å². The Hall–Kier alpha value is -2.95. The van der Waals surface area contributed by atoms with E-state index in [9.17, 15) is 9.59 Å². The Morgan fingerprint density at radius 2 is 1.92 bits per heavy atom. The number of aryl methyl sites for hydroxylation is 1. The lowest BCUT2D eigenvalue weighted by Gasteiger charge is -2.07. The molecule has 2 heterocycles. The van der Waals surface area contributed by atoms with Gasteiger partial charge in [-0.3, -0.25) is 14.6 Å². The third-order valence-corrected chi connectivity index (χ3v) is 4.61. The van der Waals surface area contributed by atoms with Gasteiger partial charge < -0.3 is 9.30 Å². The molecule has 0 radical (unpaired) electrons. The minimum atomic E-state index is -0.430. The monoisotopic (exact) mass is 350 g/mol. The Labute approximate surface area is 152 Å². The quantitative estimate of drug-likeness (QED) is 0.503. The van der Waals surface area contributed by atoms with Gasteiger partial charge in [0.05, 0.1) is 11.9 Å². The number of fused-ring (bicyclic) bond motifs is 1. The minimum absolute atomic E-state index is 0.0929. The van der Waals surface area contributed by atoms with Crippen LogP contribution in [0.1, 0.15) is 34.2 Å². The normalized spacial score (nSPS) is 10.9. The second-order valence-corrected chi connectivity index (χ2v) is 6.28. The van der Waals surface area contributed by atoms with E-state index in [2.05, 4.69) is 9.55 Å². The fourth-order valence-electron chi connectivity index (χ4n) is 3.31. The summed E-state index contributed by atoms with van der Waals surface area (Å²) in [4.78, 5) is 28.9. The fraction of sp³-hybridized carbons (Fsp3) is 0.286. The maximum atomic E-state index is 12.4. The second kappa shape index (κ2) is 7.52. The van der Waals surface area contributed by atoms with Gasteiger partial charge >= 0.3 is 5.97 Å². The topological polar surface area (TPSA) is 61.2 Å². The molecule has 0 saturated heterocycles. The van der Waals surface area contributed by atoms with Gasteiger partial charge in [0.15, 0.2) is 6.61 Å². The number of rotatable bonds is 6. The largest absolute Gasteiger partial charge is 0.457 e. The predicted octanol–water partition coefficient (Wildman–Crippen LogP) is 3.64. The molecule has 134 valence electrons. The third kappa shape index (κ3) is 3.52. The molecular weight excluding hydrogens is 328 g/mol. The first-order valence-corrected chi connectivity index (χ1v) is 8.69. The summed E-state index contributed by atoms with van der Waals surface area (Å²) < 4.78 is 7.29. The van der Waals surface area contributed by atoms with Crippen LogP contribution in [0.5, 0.6) is 0 Å². The van der Waals surface area contributed by atoms with E-state index in [1.165, 1.54) is 0 Å². The highest BCUT2D eigenvalue weighted by Gasteiger charge is 2.17. The molecule has 0 spiro atoms. The fourth-order valence-corrected chi connectivity index (χ4v) is 3.31. The molecule has 0 aliphatic carbocycles. The van der Waals surface area contributed by atoms with E-state index in [0.29, 0.717) is 5.56 Å². The highest BCUT2D eigenvalue weighted by molar-refractivity contribution is 5.99. The van der Waals surface area contributed by atoms with Crippen molar-refractivity contribution in [3.8, 4) is 0 Å². The maximum absolute atomic E-state index is 12.4. The van der Waals surface area contributed by atoms with Crippen LogP contribution >= 0.6 is 0 Å². The SMILES string of the molecule is CCn1c(C)cc(C(=O)COC(=O)Cc2cccc3cccnc23)c1C. The Kier molecular flexibility index (Phi) is 5.16. The van der Waals surface area contributed by atoms with Crippen molar-refractivity contribution in [2.24, 2.45) is 0 Å². The van der Waals surface area contributed by atoms with Gasteiger partial charge in [-0.15, -0.1) is 0 Å². The molecule has 0 unspecified atom stereocenters. The van der Waals surface area contributed by atoms with Crippen molar-refractivity contribution in [3.63, 3.8) is 0 Å². The Balaban J connectivity index is 1.66. The van der Waals surface area contributed by atoms with E-state index < -0.39 is 5.97 Å². The van der Waals surface area contributed by atoms with E-state index in [1.54, 1.807) is 6.20 Å². The standard InChI is InChI=1S/C21H22N2O3/c1-4-23-14(2)11-18(15(23)3)19(24)13-26-20(25)12-17-8-5-7-16-9-6-10-22-21(16)17/h5-11H,4,12-13H2,1-3H3. The molecule has 3 aromatic rings. The number of benzene rings is 1. The lowest BCUT2D eigenvalue weighted by atomic mass is 10.1. The Morgan fingerprint density at radius 1 is 1.15 bits per heavy atom. The van der Waals surface area contributed by atoms with E-state index in [-0.39, 0.29) is 18.8 Å². The van der Waals surface area contributed by atoms with Crippen LogP contribution in [-0.2, 0) is 22.5 Å². The molecule has 0 bridgehead atoms. The summed E-state index contributed by atoms with van der Waals surface area (Å²) in [6.45, 7) is 6.47. The van der Waals surface area contributed by atoms with Crippen molar-refractivity contribution in [1.82, 2.24) is 9.55 Å². The number of aromatic nitrogens is 2. The van der Waals surface area contributed by atoms with Gasteiger partial charge in [-0.25, -0.2) is 0 Å². The molecule has 0 aliphatic heterocycles. The molecule has 0 aliphatic rings. The molecule has 2 aromatic heterocycles. The first-order chi connectivity index (χ1) is 12.5. The molecule has 26 heavy (non-hydrogen) atoms. The molecule has 0 atom stereocenters. The van der Waals surface area contributed by atoms with Crippen LogP contribution in [0.15, 0.2) is 42.6 Å². The summed E-state index contributed by atoms with van der Waals surface area (Å²) in [6, 6.07) is 11.3. The molecule has 0 N–H and O–H groups in total. The van der Waals surface area contributed by atoms with Crippen LogP contribution in [-0.4, -0.2) is 27.9 Å². The third-order valence-electron chi connectivity index (χ3n) is 4.61. The van der Waals surface area contributed by atoms with E-state index in [1.807, 2.05) is 57.2 Å².